The maximum Gasteiger partial charge on any atom is 0.0991 e. The first kappa shape index (κ1) is 14.3. The second kappa shape index (κ2) is 6.39. The molecule has 1 aliphatic rings. The summed E-state index contributed by atoms with van der Waals surface area (Å²) in [5.74, 6) is 0. The number of aromatic nitrogens is 2. The SMILES string of the molecule is CC(NN1CCN(C)CC1)c1ccc(-n2ccnc2)cc1. The fraction of sp³-hybridized carbons (Fsp3) is 0.438. The van der Waals surface area contributed by atoms with Gasteiger partial charge >= 0.3 is 0 Å². The lowest BCUT2D eigenvalue weighted by molar-refractivity contribution is 0.0899. The Balaban J connectivity index is 1.61. The molecular weight excluding hydrogens is 262 g/mol. The summed E-state index contributed by atoms with van der Waals surface area (Å²) in [4.78, 5) is 6.44. The summed E-state index contributed by atoms with van der Waals surface area (Å²) < 4.78 is 2.02. The number of benzene rings is 1. The van der Waals surface area contributed by atoms with E-state index < -0.39 is 0 Å². The van der Waals surface area contributed by atoms with Crippen LogP contribution in [0.1, 0.15) is 18.5 Å². The van der Waals surface area contributed by atoms with Crippen molar-refractivity contribution >= 4 is 0 Å². The smallest absolute Gasteiger partial charge is 0.0991 e. The first-order chi connectivity index (χ1) is 10.2. The zero-order chi connectivity index (χ0) is 14.7. The number of hydrazine groups is 1. The molecule has 1 atom stereocenters. The van der Waals surface area contributed by atoms with Crippen LogP contribution >= 0.6 is 0 Å². The molecule has 112 valence electrons. The molecule has 1 aliphatic heterocycles. The maximum atomic E-state index is 4.08. The van der Waals surface area contributed by atoms with Crippen molar-refractivity contribution in [3.05, 3.63) is 48.5 Å². The highest BCUT2D eigenvalue weighted by Gasteiger charge is 2.16. The third-order valence-electron chi connectivity index (χ3n) is 4.08. The Labute approximate surface area is 126 Å². The van der Waals surface area contributed by atoms with Gasteiger partial charge in [-0.1, -0.05) is 12.1 Å². The summed E-state index contributed by atoms with van der Waals surface area (Å²) in [6.45, 7) is 6.62. The molecule has 21 heavy (non-hydrogen) atoms. The first-order valence-electron chi connectivity index (χ1n) is 7.50. The Morgan fingerprint density at radius 3 is 2.43 bits per heavy atom. The van der Waals surface area contributed by atoms with Gasteiger partial charge < -0.3 is 9.47 Å². The summed E-state index contributed by atoms with van der Waals surface area (Å²) in [6.07, 6.45) is 5.58. The normalized spacial score (nSPS) is 18.8. The Kier molecular flexibility index (Phi) is 4.34. The number of piperazine rings is 1. The van der Waals surface area contributed by atoms with Crippen molar-refractivity contribution in [3.8, 4) is 5.69 Å². The first-order valence-corrected chi connectivity index (χ1v) is 7.50. The van der Waals surface area contributed by atoms with E-state index in [-0.39, 0.29) is 0 Å². The minimum absolute atomic E-state index is 0.324. The number of likely N-dealkylation sites (N-methyl/N-ethyl adjacent to an activating group) is 1. The number of hydrogen-bond donors (Lipinski definition) is 1. The highest BCUT2D eigenvalue weighted by molar-refractivity contribution is 5.35. The van der Waals surface area contributed by atoms with E-state index in [4.69, 9.17) is 0 Å². The zero-order valence-electron chi connectivity index (χ0n) is 12.7. The predicted molar refractivity (Wildman–Crippen MR) is 84.2 cm³/mol. The molecule has 0 spiro atoms. The second-order valence-electron chi connectivity index (χ2n) is 5.70. The topological polar surface area (TPSA) is 36.3 Å². The van der Waals surface area contributed by atoms with E-state index >= 15 is 0 Å². The van der Waals surface area contributed by atoms with Crippen molar-refractivity contribution in [1.82, 2.24) is 24.9 Å². The fourth-order valence-corrected chi connectivity index (χ4v) is 2.63. The quantitative estimate of drug-likeness (QED) is 0.927. The van der Waals surface area contributed by atoms with Crippen LogP contribution in [0.4, 0.5) is 0 Å². The fourth-order valence-electron chi connectivity index (χ4n) is 2.63. The molecule has 0 saturated carbocycles. The van der Waals surface area contributed by atoms with Gasteiger partial charge in [-0.3, -0.25) is 0 Å². The summed E-state index contributed by atoms with van der Waals surface area (Å²) >= 11 is 0. The number of hydrogen-bond acceptors (Lipinski definition) is 4. The van der Waals surface area contributed by atoms with Crippen LogP contribution in [-0.4, -0.2) is 52.7 Å². The van der Waals surface area contributed by atoms with Crippen LogP contribution in [0.25, 0.3) is 5.69 Å². The lowest BCUT2D eigenvalue weighted by Crippen LogP contribution is -2.51. The molecule has 2 aromatic rings. The molecule has 3 rings (SSSR count). The minimum Gasteiger partial charge on any atom is -0.306 e. The van der Waals surface area contributed by atoms with Gasteiger partial charge in [0.15, 0.2) is 0 Å². The molecule has 2 heterocycles. The van der Waals surface area contributed by atoms with Gasteiger partial charge in [-0.05, 0) is 31.7 Å². The van der Waals surface area contributed by atoms with E-state index in [2.05, 4.69) is 58.6 Å². The molecule has 1 N–H and O–H groups in total. The third-order valence-corrected chi connectivity index (χ3v) is 4.08. The standard InChI is InChI=1S/C16H23N5/c1-14(18-21-11-9-19(2)10-12-21)15-3-5-16(6-4-15)20-8-7-17-13-20/h3-8,13-14,18H,9-12H2,1-2H3. The minimum atomic E-state index is 0.324. The van der Waals surface area contributed by atoms with Gasteiger partial charge in [0, 0.05) is 50.3 Å². The van der Waals surface area contributed by atoms with Crippen LogP contribution in [0.2, 0.25) is 0 Å². The highest BCUT2D eigenvalue weighted by atomic mass is 15.5. The van der Waals surface area contributed by atoms with Gasteiger partial charge in [0.25, 0.3) is 0 Å². The second-order valence-corrected chi connectivity index (χ2v) is 5.70. The lowest BCUT2D eigenvalue weighted by atomic mass is 10.1. The lowest BCUT2D eigenvalue weighted by Gasteiger charge is -2.34. The van der Waals surface area contributed by atoms with Crippen LogP contribution in [0, 0.1) is 0 Å². The molecule has 1 unspecified atom stereocenters. The van der Waals surface area contributed by atoms with E-state index in [1.54, 1.807) is 6.20 Å². The molecule has 5 heteroatoms. The summed E-state index contributed by atoms with van der Waals surface area (Å²) in [6, 6.07) is 8.97. The van der Waals surface area contributed by atoms with Crippen LogP contribution in [0.3, 0.4) is 0 Å². The van der Waals surface area contributed by atoms with E-state index in [0.717, 1.165) is 31.9 Å². The van der Waals surface area contributed by atoms with E-state index in [1.807, 2.05) is 17.1 Å². The molecule has 0 aliphatic carbocycles. The molecular formula is C16H23N5. The highest BCUT2D eigenvalue weighted by Crippen LogP contribution is 2.16. The Hall–Kier alpha value is -1.69. The summed E-state index contributed by atoms with van der Waals surface area (Å²) in [5, 5.41) is 2.33. The summed E-state index contributed by atoms with van der Waals surface area (Å²) in [7, 11) is 2.18. The molecule has 0 amide bonds. The van der Waals surface area contributed by atoms with Crippen molar-refractivity contribution in [2.75, 3.05) is 33.2 Å². The average Bonchev–Trinajstić information content (AvgIpc) is 3.04. The average molecular weight is 285 g/mol. The van der Waals surface area contributed by atoms with Gasteiger partial charge in [0.1, 0.15) is 0 Å². The van der Waals surface area contributed by atoms with Crippen molar-refractivity contribution in [2.24, 2.45) is 0 Å². The van der Waals surface area contributed by atoms with Crippen molar-refractivity contribution in [3.63, 3.8) is 0 Å². The molecule has 5 nitrogen and oxygen atoms in total. The van der Waals surface area contributed by atoms with Gasteiger partial charge in [0.2, 0.25) is 0 Å². The van der Waals surface area contributed by atoms with Crippen molar-refractivity contribution < 1.29 is 0 Å². The van der Waals surface area contributed by atoms with Gasteiger partial charge in [-0.15, -0.1) is 0 Å². The van der Waals surface area contributed by atoms with Gasteiger partial charge in [-0.2, -0.15) is 0 Å². The summed E-state index contributed by atoms with van der Waals surface area (Å²) in [5.41, 5.74) is 6.04. The predicted octanol–water partition coefficient (Wildman–Crippen LogP) is 1.69. The Morgan fingerprint density at radius 2 is 1.81 bits per heavy atom. The zero-order valence-corrected chi connectivity index (χ0v) is 12.7. The molecule has 1 aromatic carbocycles. The van der Waals surface area contributed by atoms with Crippen molar-refractivity contribution in [1.29, 1.82) is 0 Å². The maximum absolute atomic E-state index is 4.08. The molecule has 1 aromatic heterocycles. The molecule has 0 radical (unpaired) electrons. The van der Waals surface area contributed by atoms with Crippen LogP contribution in [-0.2, 0) is 0 Å². The molecule has 1 fully saturated rings. The van der Waals surface area contributed by atoms with Gasteiger partial charge in [-0.25, -0.2) is 15.4 Å². The van der Waals surface area contributed by atoms with E-state index in [9.17, 15) is 0 Å². The third kappa shape index (κ3) is 3.50. The monoisotopic (exact) mass is 285 g/mol. The number of nitrogens with one attached hydrogen (secondary N) is 1. The Morgan fingerprint density at radius 1 is 1.10 bits per heavy atom. The molecule has 0 bridgehead atoms. The molecule has 1 saturated heterocycles. The van der Waals surface area contributed by atoms with E-state index in [0.29, 0.717) is 6.04 Å². The number of rotatable bonds is 4. The Bertz CT molecular complexity index is 541. The van der Waals surface area contributed by atoms with Crippen LogP contribution < -0.4 is 5.43 Å². The number of imidazole rings is 1. The van der Waals surface area contributed by atoms with E-state index in [1.165, 1.54) is 5.56 Å². The number of nitrogens with zero attached hydrogens (tertiary/aromatic N) is 4. The largest absolute Gasteiger partial charge is 0.306 e. The van der Waals surface area contributed by atoms with Crippen molar-refractivity contribution in [2.45, 2.75) is 13.0 Å². The van der Waals surface area contributed by atoms with Gasteiger partial charge in [0.05, 0.1) is 6.33 Å². The van der Waals surface area contributed by atoms with Crippen LogP contribution in [0.15, 0.2) is 43.0 Å². The van der Waals surface area contributed by atoms with Crippen LogP contribution in [0.5, 0.6) is 0 Å².